The molecule has 0 amide bonds. The van der Waals surface area contributed by atoms with Gasteiger partial charge in [0, 0.05) is 30.8 Å². The number of nitrogens with zero attached hydrogens (tertiary/aromatic N) is 1. The summed E-state index contributed by atoms with van der Waals surface area (Å²) >= 11 is 1.73. The van der Waals surface area contributed by atoms with Crippen LogP contribution in [0, 0.1) is 0 Å². The molecule has 0 aromatic carbocycles. The number of hydrogen-bond acceptors (Lipinski definition) is 5. The van der Waals surface area contributed by atoms with Crippen LogP contribution in [0.15, 0.2) is 24.7 Å². The number of ketones is 1. The molecule has 0 unspecified atom stereocenters. The number of Topliss-reactive ketones (excluding diaryl/α,β-unsaturated/α-hetero) is 1. The van der Waals surface area contributed by atoms with E-state index in [-0.39, 0.29) is 18.2 Å². The molecule has 1 rings (SSSR count). The highest BCUT2D eigenvalue weighted by atomic mass is 32.2. The summed E-state index contributed by atoms with van der Waals surface area (Å²) in [5, 5.41) is 0. The molecule has 1 aromatic heterocycles. The minimum atomic E-state index is -0.537. The van der Waals surface area contributed by atoms with Gasteiger partial charge in [0.1, 0.15) is 0 Å². The number of carbonyl (C=O) groups excluding carboxylic acids is 1. The molecule has 0 aliphatic carbocycles. The van der Waals surface area contributed by atoms with Crippen molar-refractivity contribution >= 4 is 17.5 Å². The average Bonchev–Trinajstić information content (AvgIpc) is 2.88. The summed E-state index contributed by atoms with van der Waals surface area (Å²) in [7, 11) is 0. The van der Waals surface area contributed by atoms with Gasteiger partial charge in [0.25, 0.3) is 0 Å². The Morgan fingerprint density at radius 3 is 2.84 bits per heavy atom. The summed E-state index contributed by atoms with van der Waals surface area (Å²) in [6, 6.07) is -0.666. The quantitative estimate of drug-likeness (QED) is 0.584. The Bertz CT molecular complexity index is 405. The zero-order chi connectivity index (χ0) is 14.3. The first-order chi connectivity index (χ1) is 9.04. The summed E-state index contributed by atoms with van der Waals surface area (Å²) < 4.78 is 0. The number of carbonyl (C=O) groups is 1. The first kappa shape index (κ1) is 15.9. The highest BCUT2D eigenvalue weighted by Crippen LogP contribution is 2.11. The molecule has 0 radical (unpaired) electrons. The second-order valence-electron chi connectivity index (χ2n) is 4.58. The van der Waals surface area contributed by atoms with Crippen LogP contribution in [0.25, 0.3) is 0 Å². The molecule has 19 heavy (non-hydrogen) atoms. The van der Waals surface area contributed by atoms with Crippen LogP contribution in [0.3, 0.4) is 0 Å². The third kappa shape index (κ3) is 5.59. The minimum Gasteiger partial charge on any atom is -0.348 e. The molecule has 6 heteroatoms. The topological polar surface area (TPSA) is 97.8 Å². The van der Waals surface area contributed by atoms with Crippen molar-refractivity contribution in [2.75, 3.05) is 12.0 Å². The standard InChI is InChI=1S/C13H22N4OS/c1-9(11(14)3-4-19-2)5-13(18)12(15)6-10-7-16-8-17-10/h7-8,11-12H,1,3-6,14-15H2,2H3,(H,16,17)/t11-,12-/m0/s1. The van der Waals surface area contributed by atoms with E-state index in [0.717, 1.165) is 23.4 Å². The molecule has 0 fully saturated rings. The molecule has 106 valence electrons. The van der Waals surface area contributed by atoms with Gasteiger partial charge in [0.2, 0.25) is 0 Å². The van der Waals surface area contributed by atoms with Gasteiger partial charge in [-0.3, -0.25) is 4.79 Å². The van der Waals surface area contributed by atoms with Crippen molar-refractivity contribution in [2.45, 2.75) is 31.3 Å². The first-order valence-corrected chi connectivity index (χ1v) is 7.61. The van der Waals surface area contributed by atoms with Crippen molar-refractivity contribution in [3.63, 3.8) is 0 Å². The van der Waals surface area contributed by atoms with Crippen molar-refractivity contribution in [3.8, 4) is 0 Å². The van der Waals surface area contributed by atoms with Gasteiger partial charge in [0.05, 0.1) is 12.4 Å². The number of rotatable bonds is 9. The van der Waals surface area contributed by atoms with E-state index in [2.05, 4.69) is 16.5 Å². The predicted octanol–water partition coefficient (Wildman–Crippen LogP) is 0.875. The van der Waals surface area contributed by atoms with Gasteiger partial charge >= 0.3 is 0 Å². The van der Waals surface area contributed by atoms with Crippen molar-refractivity contribution in [3.05, 3.63) is 30.4 Å². The summed E-state index contributed by atoms with van der Waals surface area (Å²) in [4.78, 5) is 18.8. The van der Waals surface area contributed by atoms with E-state index in [9.17, 15) is 4.79 Å². The van der Waals surface area contributed by atoms with Crippen molar-refractivity contribution < 1.29 is 4.79 Å². The Morgan fingerprint density at radius 2 is 2.26 bits per heavy atom. The van der Waals surface area contributed by atoms with Crippen LogP contribution < -0.4 is 11.5 Å². The Labute approximate surface area is 118 Å². The van der Waals surface area contributed by atoms with Gasteiger partial charge in [-0.05, 0) is 18.4 Å². The maximum Gasteiger partial charge on any atom is 0.153 e. The molecule has 0 aliphatic heterocycles. The molecule has 2 atom stereocenters. The van der Waals surface area contributed by atoms with Crippen LogP contribution in [0.1, 0.15) is 18.5 Å². The van der Waals surface area contributed by atoms with E-state index < -0.39 is 6.04 Å². The van der Waals surface area contributed by atoms with E-state index in [0.29, 0.717) is 6.42 Å². The van der Waals surface area contributed by atoms with Gasteiger partial charge in [-0.25, -0.2) is 4.98 Å². The predicted molar refractivity (Wildman–Crippen MR) is 80.0 cm³/mol. The Kier molecular flexibility index (Phi) is 6.83. The Morgan fingerprint density at radius 1 is 1.53 bits per heavy atom. The lowest BCUT2D eigenvalue weighted by Gasteiger charge is -2.16. The third-order valence-corrected chi connectivity index (χ3v) is 3.61. The SMILES string of the molecule is C=C(CC(=O)[C@@H](N)Cc1cnc[nH]1)[C@@H](N)CCSC. The molecular formula is C13H22N4OS. The van der Waals surface area contributed by atoms with E-state index >= 15 is 0 Å². The lowest BCUT2D eigenvalue weighted by molar-refractivity contribution is -0.119. The van der Waals surface area contributed by atoms with E-state index in [1.807, 2.05) is 6.26 Å². The van der Waals surface area contributed by atoms with Crippen LogP contribution in [0.2, 0.25) is 0 Å². The molecule has 0 bridgehead atoms. The maximum atomic E-state index is 12.0. The van der Waals surface area contributed by atoms with E-state index in [4.69, 9.17) is 11.5 Å². The number of thioether (sulfide) groups is 1. The fraction of sp³-hybridized carbons (Fsp3) is 0.538. The molecule has 1 aromatic rings. The van der Waals surface area contributed by atoms with Gasteiger partial charge < -0.3 is 16.5 Å². The molecule has 1 heterocycles. The van der Waals surface area contributed by atoms with Gasteiger partial charge in [-0.1, -0.05) is 12.2 Å². The number of imidazole rings is 1. The Hall–Kier alpha value is -1.11. The molecule has 5 N–H and O–H groups in total. The number of aromatic amines is 1. The number of H-pyrrole nitrogens is 1. The number of aromatic nitrogens is 2. The second-order valence-corrected chi connectivity index (χ2v) is 5.56. The molecule has 0 saturated carbocycles. The smallest absolute Gasteiger partial charge is 0.153 e. The number of nitrogens with one attached hydrogen (secondary N) is 1. The fourth-order valence-electron chi connectivity index (χ4n) is 1.68. The average molecular weight is 282 g/mol. The van der Waals surface area contributed by atoms with Crippen LogP contribution in [0.5, 0.6) is 0 Å². The van der Waals surface area contributed by atoms with Crippen LogP contribution in [-0.4, -0.2) is 39.8 Å². The largest absolute Gasteiger partial charge is 0.348 e. The molecule has 0 aliphatic rings. The third-order valence-electron chi connectivity index (χ3n) is 2.97. The second kappa shape index (κ2) is 8.14. The zero-order valence-electron chi connectivity index (χ0n) is 11.3. The molecule has 0 saturated heterocycles. The lowest BCUT2D eigenvalue weighted by Crippen LogP contribution is -2.35. The summed E-state index contributed by atoms with van der Waals surface area (Å²) in [6.45, 7) is 3.90. The van der Waals surface area contributed by atoms with Crippen LogP contribution in [-0.2, 0) is 11.2 Å². The molecule has 0 spiro atoms. The maximum absolute atomic E-state index is 12.0. The number of hydrogen-bond donors (Lipinski definition) is 3. The summed E-state index contributed by atoms with van der Waals surface area (Å²) in [5.74, 6) is 0.938. The summed E-state index contributed by atoms with van der Waals surface area (Å²) in [5.41, 5.74) is 13.5. The molecule has 5 nitrogen and oxygen atoms in total. The highest BCUT2D eigenvalue weighted by Gasteiger charge is 2.18. The van der Waals surface area contributed by atoms with Crippen molar-refractivity contribution in [2.24, 2.45) is 11.5 Å². The number of nitrogens with two attached hydrogens (primary N) is 2. The van der Waals surface area contributed by atoms with E-state index in [1.54, 1.807) is 24.3 Å². The minimum absolute atomic E-state index is 0.0285. The van der Waals surface area contributed by atoms with Gasteiger partial charge in [-0.2, -0.15) is 11.8 Å². The highest BCUT2D eigenvalue weighted by molar-refractivity contribution is 7.98. The zero-order valence-corrected chi connectivity index (χ0v) is 12.1. The summed E-state index contributed by atoms with van der Waals surface area (Å²) in [6.07, 6.45) is 6.83. The lowest BCUT2D eigenvalue weighted by atomic mass is 9.97. The van der Waals surface area contributed by atoms with Crippen LogP contribution in [0.4, 0.5) is 0 Å². The van der Waals surface area contributed by atoms with Crippen molar-refractivity contribution in [1.82, 2.24) is 9.97 Å². The monoisotopic (exact) mass is 282 g/mol. The Balaban J connectivity index is 2.38. The van der Waals surface area contributed by atoms with Gasteiger partial charge in [0.15, 0.2) is 5.78 Å². The molecular weight excluding hydrogens is 260 g/mol. The normalized spacial score (nSPS) is 14.1. The van der Waals surface area contributed by atoms with Gasteiger partial charge in [-0.15, -0.1) is 0 Å². The first-order valence-electron chi connectivity index (χ1n) is 6.22. The van der Waals surface area contributed by atoms with Crippen molar-refractivity contribution in [1.29, 1.82) is 0 Å². The van der Waals surface area contributed by atoms with Crippen LogP contribution >= 0.6 is 11.8 Å². The van der Waals surface area contributed by atoms with E-state index in [1.165, 1.54) is 0 Å². The fourth-order valence-corrected chi connectivity index (χ4v) is 2.17.